The summed E-state index contributed by atoms with van der Waals surface area (Å²) in [7, 11) is 0. The van der Waals surface area contributed by atoms with E-state index in [-0.39, 0.29) is 5.41 Å². The van der Waals surface area contributed by atoms with Gasteiger partial charge >= 0.3 is 0 Å². The molecule has 0 fully saturated rings. The predicted molar refractivity (Wildman–Crippen MR) is 127 cm³/mol. The van der Waals surface area contributed by atoms with E-state index in [0.29, 0.717) is 0 Å². The summed E-state index contributed by atoms with van der Waals surface area (Å²) in [6.45, 7) is 4.55. The summed E-state index contributed by atoms with van der Waals surface area (Å²) >= 11 is 3.62. The van der Waals surface area contributed by atoms with Crippen LogP contribution in [0.1, 0.15) is 25.0 Å². The Morgan fingerprint density at radius 2 is 1.27 bits per heavy atom. The fraction of sp³-hybridized carbons (Fsp3) is 0.111. The normalized spacial score (nSPS) is 14.4. The number of rotatable bonds is 1. The van der Waals surface area contributed by atoms with Crippen LogP contribution in [0.5, 0.6) is 11.5 Å². The van der Waals surface area contributed by atoms with Crippen molar-refractivity contribution in [3.05, 3.63) is 101 Å². The van der Waals surface area contributed by atoms with Gasteiger partial charge in [-0.2, -0.15) is 0 Å². The zero-order valence-electron chi connectivity index (χ0n) is 16.8. The first kappa shape index (κ1) is 17.8. The summed E-state index contributed by atoms with van der Waals surface area (Å²) in [6, 6.07) is 30.1. The number of nitrogens with zero attached hydrogens (tertiary/aromatic N) is 1. The van der Waals surface area contributed by atoms with Crippen molar-refractivity contribution in [3.63, 3.8) is 0 Å². The highest BCUT2D eigenvalue weighted by Crippen LogP contribution is 2.49. The molecule has 2 nitrogen and oxygen atoms in total. The number of fused-ring (bicyclic) bond motifs is 5. The Kier molecular flexibility index (Phi) is 3.69. The van der Waals surface area contributed by atoms with Crippen LogP contribution in [0.4, 0.5) is 0 Å². The van der Waals surface area contributed by atoms with Crippen LogP contribution in [0, 0.1) is 0 Å². The average Bonchev–Trinajstić information content (AvgIpc) is 3.09. The van der Waals surface area contributed by atoms with Gasteiger partial charge in [-0.3, -0.25) is 0 Å². The Morgan fingerprint density at radius 1 is 0.700 bits per heavy atom. The summed E-state index contributed by atoms with van der Waals surface area (Å²) < 4.78 is 9.71. The Labute approximate surface area is 183 Å². The molecule has 1 aliphatic rings. The van der Waals surface area contributed by atoms with E-state index in [9.17, 15) is 0 Å². The lowest BCUT2D eigenvalue weighted by molar-refractivity contribution is 0.417. The van der Waals surface area contributed by atoms with E-state index >= 15 is 0 Å². The largest absolute Gasteiger partial charge is 0.457 e. The van der Waals surface area contributed by atoms with Crippen LogP contribution in [-0.4, -0.2) is 4.57 Å². The van der Waals surface area contributed by atoms with Crippen molar-refractivity contribution in [2.24, 2.45) is 0 Å². The molecule has 0 aliphatic carbocycles. The van der Waals surface area contributed by atoms with Crippen molar-refractivity contribution < 1.29 is 4.74 Å². The molecule has 6 rings (SSSR count). The van der Waals surface area contributed by atoms with Crippen molar-refractivity contribution in [2.75, 3.05) is 0 Å². The zero-order chi connectivity index (χ0) is 20.5. The maximum atomic E-state index is 6.29. The fourth-order valence-electron chi connectivity index (χ4n) is 4.78. The average molecular weight is 454 g/mol. The third-order valence-corrected chi connectivity index (χ3v) is 6.80. The van der Waals surface area contributed by atoms with Gasteiger partial charge in [-0.15, -0.1) is 0 Å². The molecular weight excluding hydrogens is 434 g/mol. The van der Waals surface area contributed by atoms with Crippen molar-refractivity contribution in [1.29, 1.82) is 0 Å². The molecule has 0 amide bonds. The minimum absolute atomic E-state index is 0.165. The van der Waals surface area contributed by atoms with Crippen molar-refractivity contribution in [3.8, 4) is 17.2 Å². The molecule has 0 saturated heterocycles. The molecular formula is C27H20BrNO. The number of halogens is 1. The Balaban J connectivity index is 1.62. The quantitative estimate of drug-likeness (QED) is 0.251. The fourth-order valence-corrected chi connectivity index (χ4v) is 5.14. The lowest BCUT2D eigenvalue weighted by atomic mass is 9.75. The molecule has 2 heterocycles. The second-order valence-corrected chi connectivity index (χ2v) is 9.33. The molecule has 1 aliphatic heterocycles. The minimum atomic E-state index is -0.165. The van der Waals surface area contributed by atoms with Gasteiger partial charge in [0.15, 0.2) is 0 Å². The summed E-state index contributed by atoms with van der Waals surface area (Å²) in [5.74, 6) is 1.86. The first-order valence-corrected chi connectivity index (χ1v) is 10.9. The van der Waals surface area contributed by atoms with Crippen molar-refractivity contribution in [1.82, 2.24) is 4.57 Å². The molecule has 0 saturated carbocycles. The summed E-state index contributed by atoms with van der Waals surface area (Å²) in [5.41, 5.74) is 5.83. The predicted octanol–water partition coefficient (Wildman–Crippen LogP) is 7.98. The highest BCUT2D eigenvalue weighted by Gasteiger charge is 2.34. The summed E-state index contributed by atoms with van der Waals surface area (Å²) in [6.07, 6.45) is 0. The van der Waals surface area contributed by atoms with Gasteiger partial charge in [0.25, 0.3) is 0 Å². The Morgan fingerprint density at radius 3 is 1.93 bits per heavy atom. The lowest BCUT2D eigenvalue weighted by Gasteiger charge is -2.35. The monoisotopic (exact) mass is 453 g/mol. The van der Waals surface area contributed by atoms with Gasteiger partial charge < -0.3 is 9.30 Å². The van der Waals surface area contributed by atoms with E-state index in [1.165, 1.54) is 32.9 Å². The molecule has 30 heavy (non-hydrogen) atoms. The molecule has 0 N–H and O–H groups in total. The number of ether oxygens (including phenoxy) is 1. The molecule has 146 valence electrons. The second-order valence-electron chi connectivity index (χ2n) is 8.42. The lowest BCUT2D eigenvalue weighted by Crippen LogP contribution is -2.24. The van der Waals surface area contributed by atoms with Gasteiger partial charge in [0.05, 0.1) is 11.0 Å². The first-order valence-electron chi connectivity index (χ1n) is 10.1. The standard InChI is InChI=1S/C27H20BrNO/c1-27(2)21-15-17(28)11-13-25(21)30-26-14-12-18(16-22(26)27)29-23-9-5-3-7-19(23)20-8-4-6-10-24(20)29/h3-16H,1-2H3. The van der Waals surface area contributed by atoms with Gasteiger partial charge in [0, 0.05) is 37.5 Å². The van der Waals surface area contributed by atoms with E-state index < -0.39 is 0 Å². The van der Waals surface area contributed by atoms with Gasteiger partial charge in [-0.1, -0.05) is 66.2 Å². The molecule has 4 aromatic carbocycles. The molecule has 0 atom stereocenters. The van der Waals surface area contributed by atoms with Gasteiger partial charge in [0.2, 0.25) is 0 Å². The van der Waals surface area contributed by atoms with Crippen LogP contribution >= 0.6 is 15.9 Å². The third kappa shape index (κ3) is 2.42. The Hall–Kier alpha value is -3.04. The van der Waals surface area contributed by atoms with Crippen LogP contribution in [0.2, 0.25) is 0 Å². The van der Waals surface area contributed by atoms with E-state index in [1.54, 1.807) is 0 Å². The molecule has 3 heteroatoms. The molecule has 0 radical (unpaired) electrons. The van der Waals surface area contributed by atoms with E-state index in [0.717, 1.165) is 21.7 Å². The zero-order valence-corrected chi connectivity index (χ0v) is 18.4. The maximum Gasteiger partial charge on any atom is 0.131 e. The smallest absolute Gasteiger partial charge is 0.131 e. The van der Waals surface area contributed by atoms with Crippen LogP contribution in [0.3, 0.4) is 0 Å². The molecule has 0 unspecified atom stereocenters. The van der Waals surface area contributed by atoms with Crippen LogP contribution in [0.15, 0.2) is 89.4 Å². The van der Waals surface area contributed by atoms with Gasteiger partial charge in [-0.05, 0) is 48.5 Å². The highest BCUT2D eigenvalue weighted by molar-refractivity contribution is 9.10. The summed E-state index contributed by atoms with van der Waals surface area (Å²) in [5, 5.41) is 2.55. The van der Waals surface area contributed by atoms with E-state index in [2.05, 4.69) is 107 Å². The molecule has 5 aromatic rings. The van der Waals surface area contributed by atoms with Crippen LogP contribution in [0.25, 0.3) is 27.5 Å². The maximum absolute atomic E-state index is 6.29. The highest BCUT2D eigenvalue weighted by atomic mass is 79.9. The number of hydrogen-bond acceptors (Lipinski definition) is 1. The SMILES string of the molecule is CC1(C)c2cc(Br)ccc2Oc2ccc(-n3c4ccccc4c4ccccc43)cc21. The van der Waals surface area contributed by atoms with Crippen LogP contribution in [-0.2, 0) is 5.41 Å². The number of para-hydroxylation sites is 2. The Bertz CT molecular complexity index is 1410. The first-order chi connectivity index (χ1) is 14.5. The molecule has 0 bridgehead atoms. The van der Waals surface area contributed by atoms with Crippen molar-refractivity contribution >= 4 is 37.7 Å². The van der Waals surface area contributed by atoms with Crippen LogP contribution < -0.4 is 4.74 Å². The summed E-state index contributed by atoms with van der Waals surface area (Å²) in [4.78, 5) is 0. The van der Waals surface area contributed by atoms with Crippen molar-refractivity contribution in [2.45, 2.75) is 19.3 Å². The van der Waals surface area contributed by atoms with E-state index in [1.807, 2.05) is 12.1 Å². The van der Waals surface area contributed by atoms with E-state index in [4.69, 9.17) is 4.74 Å². The molecule has 0 spiro atoms. The molecule has 1 aromatic heterocycles. The second kappa shape index (κ2) is 6.23. The van der Waals surface area contributed by atoms with Gasteiger partial charge in [-0.25, -0.2) is 0 Å². The third-order valence-electron chi connectivity index (χ3n) is 6.31. The number of hydrogen-bond donors (Lipinski definition) is 0. The topological polar surface area (TPSA) is 14.2 Å². The minimum Gasteiger partial charge on any atom is -0.457 e. The van der Waals surface area contributed by atoms with Gasteiger partial charge in [0.1, 0.15) is 11.5 Å². The number of aromatic nitrogens is 1. The number of benzene rings is 4.